The van der Waals surface area contributed by atoms with Crippen molar-refractivity contribution in [1.82, 2.24) is 4.90 Å². The summed E-state index contributed by atoms with van der Waals surface area (Å²) < 4.78 is 4.68. The molecule has 80 valence electrons. The maximum atomic E-state index is 11.6. The Labute approximate surface area is 84.5 Å². The summed E-state index contributed by atoms with van der Waals surface area (Å²) in [4.78, 5) is 23.7. The summed E-state index contributed by atoms with van der Waals surface area (Å²) in [7, 11) is 0. The quantitative estimate of drug-likeness (QED) is 0.489. The maximum Gasteiger partial charge on any atom is 0.302 e. The van der Waals surface area contributed by atoms with Gasteiger partial charge in [-0.2, -0.15) is 0 Å². The Kier molecular flexibility index (Phi) is 5.60. The Hall–Kier alpha value is -1.32. The van der Waals surface area contributed by atoms with Crippen LogP contribution in [0.25, 0.3) is 0 Å². The van der Waals surface area contributed by atoms with Gasteiger partial charge in [0.05, 0.1) is 0 Å². The lowest BCUT2D eigenvalue weighted by atomic mass is 10.2. The molecule has 14 heavy (non-hydrogen) atoms. The van der Waals surface area contributed by atoms with Crippen molar-refractivity contribution >= 4 is 11.9 Å². The monoisotopic (exact) mass is 199 g/mol. The van der Waals surface area contributed by atoms with Gasteiger partial charge in [-0.25, -0.2) is 0 Å². The zero-order chi connectivity index (χ0) is 11.1. The predicted molar refractivity (Wildman–Crippen MR) is 53.7 cm³/mol. The molecule has 0 atom stereocenters. The topological polar surface area (TPSA) is 46.6 Å². The van der Waals surface area contributed by atoms with Gasteiger partial charge in [-0.15, -0.1) is 0 Å². The van der Waals surface area contributed by atoms with Crippen LogP contribution in [-0.4, -0.2) is 36.5 Å². The molecular weight excluding hydrogens is 182 g/mol. The van der Waals surface area contributed by atoms with Crippen LogP contribution in [-0.2, 0) is 14.3 Å². The van der Waals surface area contributed by atoms with Crippen LogP contribution >= 0.6 is 0 Å². The van der Waals surface area contributed by atoms with Crippen LogP contribution in [0.1, 0.15) is 20.8 Å². The van der Waals surface area contributed by atoms with Crippen molar-refractivity contribution in [2.24, 2.45) is 0 Å². The van der Waals surface area contributed by atoms with Crippen LogP contribution in [0.15, 0.2) is 12.2 Å². The largest absolute Gasteiger partial charge is 0.461 e. The fourth-order valence-electron chi connectivity index (χ4n) is 0.985. The van der Waals surface area contributed by atoms with E-state index < -0.39 is 5.97 Å². The third-order valence-electron chi connectivity index (χ3n) is 1.80. The van der Waals surface area contributed by atoms with Crippen molar-refractivity contribution in [3.8, 4) is 0 Å². The molecule has 0 aromatic carbocycles. The van der Waals surface area contributed by atoms with Crippen molar-refractivity contribution in [3.63, 3.8) is 0 Å². The van der Waals surface area contributed by atoms with E-state index in [1.807, 2.05) is 13.8 Å². The second-order valence-corrected chi connectivity index (χ2v) is 2.86. The molecule has 0 rings (SSSR count). The number of ether oxygens (including phenoxy) is 1. The number of carbonyl (C=O) groups is 2. The minimum atomic E-state index is -0.404. The molecule has 0 aliphatic carbocycles. The van der Waals surface area contributed by atoms with E-state index in [1.165, 1.54) is 6.92 Å². The molecule has 0 bridgehead atoms. The Morgan fingerprint density at radius 2 is 1.79 bits per heavy atom. The molecule has 0 radical (unpaired) electrons. The van der Waals surface area contributed by atoms with E-state index in [4.69, 9.17) is 0 Å². The Morgan fingerprint density at radius 3 is 2.14 bits per heavy atom. The first-order valence-corrected chi connectivity index (χ1v) is 4.63. The van der Waals surface area contributed by atoms with Crippen molar-refractivity contribution < 1.29 is 14.3 Å². The van der Waals surface area contributed by atoms with Gasteiger partial charge in [-0.05, 0) is 13.8 Å². The first-order valence-electron chi connectivity index (χ1n) is 4.63. The molecule has 4 heteroatoms. The number of amides is 1. The van der Waals surface area contributed by atoms with Gasteiger partial charge in [0.15, 0.2) is 0 Å². The van der Waals surface area contributed by atoms with Crippen LogP contribution in [0.4, 0.5) is 0 Å². The SMILES string of the molecule is C=C(COC(C)=O)C(=O)N(CC)CC. The second kappa shape index (κ2) is 6.18. The van der Waals surface area contributed by atoms with Crippen molar-refractivity contribution in [2.75, 3.05) is 19.7 Å². The van der Waals surface area contributed by atoms with Crippen LogP contribution < -0.4 is 0 Å². The van der Waals surface area contributed by atoms with Crippen molar-refractivity contribution in [1.29, 1.82) is 0 Å². The average molecular weight is 199 g/mol. The van der Waals surface area contributed by atoms with Crippen LogP contribution in [0.5, 0.6) is 0 Å². The molecular formula is C10H17NO3. The molecule has 0 aromatic rings. The maximum absolute atomic E-state index is 11.6. The number of nitrogens with zero attached hydrogens (tertiary/aromatic N) is 1. The number of likely N-dealkylation sites (N-methyl/N-ethyl adjacent to an activating group) is 1. The smallest absolute Gasteiger partial charge is 0.302 e. The summed E-state index contributed by atoms with van der Waals surface area (Å²) in [5.74, 6) is -0.560. The third-order valence-corrected chi connectivity index (χ3v) is 1.80. The van der Waals surface area contributed by atoms with E-state index in [9.17, 15) is 9.59 Å². The Balaban J connectivity index is 4.10. The molecule has 0 aromatic heterocycles. The summed E-state index contributed by atoms with van der Waals surface area (Å²) >= 11 is 0. The lowest BCUT2D eigenvalue weighted by Gasteiger charge is -2.19. The van der Waals surface area contributed by atoms with Gasteiger partial charge in [0.1, 0.15) is 6.61 Å². The minimum Gasteiger partial charge on any atom is -0.461 e. The zero-order valence-corrected chi connectivity index (χ0v) is 9.00. The minimum absolute atomic E-state index is 0.0231. The molecule has 0 fully saturated rings. The summed E-state index contributed by atoms with van der Waals surface area (Å²) in [5.41, 5.74) is 0.309. The molecule has 0 aliphatic rings. The van der Waals surface area contributed by atoms with E-state index in [0.29, 0.717) is 18.7 Å². The van der Waals surface area contributed by atoms with Gasteiger partial charge in [-0.1, -0.05) is 6.58 Å². The van der Waals surface area contributed by atoms with Gasteiger partial charge in [-0.3, -0.25) is 9.59 Å². The summed E-state index contributed by atoms with van der Waals surface area (Å²) in [6.07, 6.45) is 0. The summed E-state index contributed by atoms with van der Waals surface area (Å²) in [6.45, 7) is 9.90. The molecule has 1 amide bonds. The molecule has 0 saturated heterocycles. The fraction of sp³-hybridized carbons (Fsp3) is 0.600. The van der Waals surface area contributed by atoms with Gasteiger partial charge in [0, 0.05) is 25.6 Å². The lowest BCUT2D eigenvalue weighted by Crippen LogP contribution is -2.32. The standard InChI is InChI=1S/C10H17NO3/c1-5-11(6-2)10(13)8(3)7-14-9(4)12/h3,5-7H2,1-2,4H3. The Morgan fingerprint density at radius 1 is 1.29 bits per heavy atom. The van der Waals surface area contributed by atoms with Crippen molar-refractivity contribution in [3.05, 3.63) is 12.2 Å². The van der Waals surface area contributed by atoms with Crippen LogP contribution in [0, 0.1) is 0 Å². The van der Waals surface area contributed by atoms with Gasteiger partial charge in [0.2, 0.25) is 0 Å². The number of carbonyl (C=O) groups excluding carboxylic acids is 2. The first kappa shape index (κ1) is 12.7. The highest BCUT2D eigenvalue weighted by atomic mass is 16.5. The van der Waals surface area contributed by atoms with E-state index in [0.717, 1.165) is 0 Å². The fourth-order valence-corrected chi connectivity index (χ4v) is 0.985. The lowest BCUT2D eigenvalue weighted by molar-refractivity contribution is -0.140. The molecule has 0 aliphatic heterocycles. The number of hydrogen-bond donors (Lipinski definition) is 0. The van der Waals surface area contributed by atoms with E-state index >= 15 is 0 Å². The number of rotatable bonds is 5. The van der Waals surface area contributed by atoms with Crippen molar-refractivity contribution in [2.45, 2.75) is 20.8 Å². The summed E-state index contributed by atoms with van der Waals surface area (Å²) in [6, 6.07) is 0. The van der Waals surface area contributed by atoms with Crippen LogP contribution in [0.3, 0.4) is 0 Å². The van der Waals surface area contributed by atoms with E-state index in [2.05, 4.69) is 11.3 Å². The highest BCUT2D eigenvalue weighted by Crippen LogP contribution is 2.00. The summed E-state index contributed by atoms with van der Waals surface area (Å²) in [5, 5.41) is 0. The molecule has 0 heterocycles. The van der Waals surface area contributed by atoms with Gasteiger partial charge in [0.25, 0.3) is 5.91 Å². The first-order chi connectivity index (χ1) is 6.52. The molecule has 4 nitrogen and oxygen atoms in total. The third kappa shape index (κ3) is 4.07. The predicted octanol–water partition coefficient (Wildman–Crippen LogP) is 0.974. The van der Waals surface area contributed by atoms with Gasteiger partial charge < -0.3 is 9.64 Å². The van der Waals surface area contributed by atoms with Gasteiger partial charge >= 0.3 is 5.97 Å². The highest BCUT2D eigenvalue weighted by molar-refractivity contribution is 5.93. The van der Waals surface area contributed by atoms with E-state index in [-0.39, 0.29) is 12.5 Å². The number of esters is 1. The molecule has 0 spiro atoms. The average Bonchev–Trinajstić information content (AvgIpc) is 2.15. The van der Waals surface area contributed by atoms with Crippen LogP contribution in [0.2, 0.25) is 0 Å². The zero-order valence-electron chi connectivity index (χ0n) is 9.00. The highest BCUT2D eigenvalue weighted by Gasteiger charge is 2.13. The number of hydrogen-bond acceptors (Lipinski definition) is 3. The normalized spacial score (nSPS) is 9.36. The molecule has 0 unspecified atom stereocenters. The van der Waals surface area contributed by atoms with E-state index in [1.54, 1.807) is 4.90 Å². The second-order valence-electron chi connectivity index (χ2n) is 2.86. The molecule has 0 saturated carbocycles. The molecule has 0 N–H and O–H groups in total. The Bertz CT molecular complexity index is 232.